The van der Waals surface area contributed by atoms with E-state index < -0.39 is 21.6 Å². The first kappa shape index (κ1) is 21.3. The summed E-state index contributed by atoms with van der Waals surface area (Å²) in [7, 11) is -3.61. The molecule has 1 aromatic carbocycles. The molecule has 1 heterocycles. The number of rotatable bonds is 6. The molecule has 1 aliphatic heterocycles. The predicted octanol–water partition coefficient (Wildman–Crippen LogP) is 3.35. The first-order valence-corrected chi connectivity index (χ1v) is 10.9. The van der Waals surface area contributed by atoms with E-state index in [9.17, 15) is 13.2 Å². The number of carbonyl (C=O) groups is 1. The van der Waals surface area contributed by atoms with Crippen molar-refractivity contribution in [1.29, 1.82) is 0 Å². The molecule has 2 rings (SSSR count). The number of benzene rings is 1. The SMILES string of the molecule is CC(C)(C)OC(=O)COCC1CCCCN1S(=O)(=O)c1cccc(Br)c1. The minimum atomic E-state index is -3.61. The highest BCUT2D eigenvalue weighted by atomic mass is 79.9. The lowest BCUT2D eigenvalue weighted by atomic mass is 10.1. The second kappa shape index (κ2) is 8.82. The molecule has 8 heteroatoms. The maximum Gasteiger partial charge on any atom is 0.332 e. The Balaban J connectivity index is 2.02. The molecule has 0 aliphatic carbocycles. The van der Waals surface area contributed by atoms with E-state index in [0.29, 0.717) is 17.4 Å². The number of esters is 1. The van der Waals surface area contributed by atoms with E-state index in [1.165, 1.54) is 4.31 Å². The molecule has 1 unspecified atom stereocenters. The van der Waals surface area contributed by atoms with Crippen LogP contribution in [0, 0.1) is 0 Å². The lowest BCUT2D eigenvalue weighted by Gasteiger charge is -2.34. The number of sulfonamides is 1. The quantitative estimate of drug-likeness (QED) is 0.625. The van der Waals surface area contributed by atoms with Crippen LogP contribution in [-0.4, -0.2) is 50.1 Å². The first-order valence-electron chi connectivity index (χ1n) is 8.66. The monoisotopic (exact) mass is 447 g/mol. The van der Waals surface area contributed by atoms with Gasteiger partial charge in [0, 0.05) is 17.1 Å². The summed E-state index contributed by atoms with van der Waals surface area (Å²) in [6, 6.07) is 6.40. The van der Waals surface area contributed by atoms with E-state index in [-0.39, 0.29) is 24.2 Å². The Bertz CT molecular complexity index is 729. The standard InChI is InChI=1S/C18H26BrNO5S/c1-18(2,3)25-17(21)13-24-12-15-8-4-5-10-20(15)26(22,23)16-9-6-7-14(19)11-16/h6-7,9,11,15H,4-5,8,10,12-13H2,1-3H3. The number of piperidine rings is 1. The zero-order valence-corrected chi connectivity index (χ0v) is 17.8. The molecule has 1 fully saturated rings. The smallest absolute Gasteiger partial charge is 0.332 e. The van der Waals surface area contributed by atoms with Crippen LogP contribution in [0.4, 0.5) is 0 Å². The lowest BCUT2D eigenvalue weighted by molar-refractivity contribution is -0.160. The third kappa shape index (κ3) is 6.04. The van der Waals surface area contributed by atoms with Gasteiger partial charge in [-0.1, -0.05) is 28.4 Å². The van der Waals surface area contributed by atoms with Gasteiger partial charge in [0.05, 0.1) is 11.5 Å². The van der Waals surface area contributed by atoms with E-state index in [1.54, 1.807) is 45.0 Å². The minimum absolute atomic E-state index is 0.173. The molecule has 26 heavy (non-hydrogen) atoms. The highest BCUT2D eigenvalue weighted by molar-refractivity contribution is 9.10. The van der Waals surface area contributed by atoms with Gasteiger partial charge in [0.15, 0.2) is 0 Å². The molecular formula is C18H26BrNO5S. The van der Waals surface area contributed by atoms with Gasteiger partial charge < -0.3 is 9.47 Å². The van der Waals surface area contributed by atoms with Crippen molar-refractivity contribution in [3.8, 4) is 0 Å². The summed E-state index contributed by atoms with van der Waals surface area (Å²) in [5, 5.41) is 0. The lowest BCUT2D eigenvalue weighted by Crippen LogP contribution is -2.46. The van der Waals surface area contributed by atoms with E-state index in [1.807, 2.05) is 0 Å². The van der Waals surface area contributed by atoms with Crippen LogP contribution in [0.3, 0.4) is 0 Å². The fourth-order valence-electron chi connectivity index (χ4n) is 2.87. The van der Waals surface area contributed by atoms with Crippen molar-refractivity contribution in [1.82, 2.24) is 4.31 Å². The average molecular weight is 448 g/mol. The summed E-state index contributed by atoms with van der Waals surface area (Å²) in [5.41, 5.74) is -0.568. The van der Waals surface area contributed by atoms with Crippen LogP contribution in [0.1, 0.15) is 40.0 Å². The highest BCUT2D eigenvalue weighted by Crippen LogP contribution is 2.27. The number of carbonyl (C=O) groups excluding carboxylic acids is 1. The van der Waals surface area contributed by atoms with Crippen LogP contribution in [-0.2, 0) is 24.3 Å². The fraction of sp³-hybridized carbons (Fsp3) is 0.611. The molecule has 0 amide bonds. The van der Waals surface area contributed by atoms with Crippen LogP contribution in [0.15, 0.2) is 33.6 Å². The number of hydrogen-bond donors (Lipinski definition) is 0. The molecule has 1 atom stereocenters. The molecule has 6 nitrogen and oxygen atoms in total. The zero-order valence-electron chi connectivity index (χ0n) is 15.4. The third-order valence-electron chi connectivity index (χ3n) is 3.93. The van der Waals surface area contributed by atoms with E-state index in [0.717, 1.165) is 12.8 Å². The molecule has 0 N–H and O–H groups in total. The molecule has 1 aromatic rings. The summed E-state index contributed by atoms with van der Waals surface area (Å²) in [6.45, 7) is 5.81. The number of nitrogens with zero attached hydrogens (tertiary/aromatic N) is 1. The molecule has 0 bridgehead atoms. The minimum Gasteiger partial charge on any atom is -0.458 e. The molecule has 1 aliphatic rings. The number of ether oxygens (including phenoxy) is 2. The fourth-order valence-corrected chi connectivity index (χ4v) is 5.15. The van der Waals surface area contributed by atoms with Gasteiger partial charge in [-0.25, -0.2) is 13.2 Å². The van der Waals surface area contributed by atoms with Crippen molar-refractivity contribution >= 4 is 31.9 Å². The second-order valence-corrected chi connectivity index (χ2v) is 10.1. The average Bonchev–Trinajstić information content (AvgIpc) is 2.53. The van der Waals surface area contributed by atoms with E-state index in [2.05, 4.69) is 15.9 Å². The second-order valence-electron chi connectivity index (χ2n) is 7.32. The van der Waals surface area contributed by atoms with Crippen molar-refractivity contribution in [2.75, 3.05) is 19.8 Å². The Morgan fingerprint density at radius 3 is 2.69 bits per heavy atom. The van der Waals surface area contributed by atoms with Gasteiger partial charge in [-0.05, 0) is 51.8 Å². The van der Waals surface area contributed by atoms with Crippen molar-refractivity contribution < 1.29 is 22.7 Å². The van der Waals surface area contributed by atoms with Gasteiger partial charge in [-0.15, -0.1) is 0 Å². The van der Waals surface area contributed by atoms with Crippen LogP contribution in [0.25, 0.3) is 0 Å². The van der Waals surface area contributed by atoms with E-state index in [4.69, 9.17) is 9.47 Å². The Morgan fingerprint density at radius 2 is 2.04 bits per heavy atom. The zero-order chi connectivity index (χ0) is 19.4. The van der Waals surface area contributed by atoms with Crippen molar-refractivity contribution in [2.24, 2.45) is 0 Å². The van der Waals surface area contributed by atoms with E-state index >= 15 is 0 Å². The van der Waals surface area contributed by atoms with Gasteiger partial charge in [-0.3, -0.25) is 0 Å². The van der Waals surface area contributed by atoms with Crippen molar-refractivity contribution in [3.05, 3.63) is 28.7 Å². The Labute approximate surface area is 164 Å². The molecule has 0 saturated carbocycles. The Kier molecular flexibility index (Phi) is 7.24. The van der Waals surface area contributed by atoms with Crippen molar-refractivity contribution in [3.63, 3.8) is 0 Å². The van der Waals surface area contributed by atoms with Crippen LogP contribution in [0.5, 0.6) is 0 Å². The molecule has 146 valence electrons. The topological polar surface area (TPSA) is 72.9 Å². The van der Waals surface area contributed by atoms with Gasteiger partial charge in [-0.2, -0.15) is 4.31 Å². The first-order chi connectivity index (χ1) is 12.1. The van der Waals surface area contributed by atoms with Gasteiger partial charge >= 0.3 is 5.97 Å². The summed E-state index contributed by atoms with van der Waals surface area (Å²) >= 11 is 3.32. The number of halogens is 1. The largest absolute Gasteiger partial charge is 0.458 e. The number of hydrogen-bond acceptors (Lipinski definition) is 5. The molecule has 0 aromatic heterocycles. The molecule has 0 radical (unpaired) electrons. The van der Waals surface area contributed by atoms with Gasteiger partial charge in [0.25, 0.3) is 0 Å². The summed E-state index contributed by atoms with van der Waals surface area (Å²) in [5.74, 6) is -0.449. The molecule has 0 spiro atoms. The Hall–Kier alpha value is -0.960. The third-order valence-corrected chi connectivity index (χ3v) is 6.37. The van der Waals surface area contributed by atoms with Gasteiger partial charge in [0.1, 0.15) is 12.2 Å². The molecule has 1 saturated heterocycles. The van der Waals surface area contributed by atoms with Crippen molar-refractivity contribution in [2.45, 2.75) is 56.6 Å². The summed E-state index contributed by atoms with van der Waals surface area (Å²) < 4.78 is 38.9. The summed E-state index contributed by atoms with van der Waals surface area (Å²) in [4.78, 5) is 12.0. The van der Waals surface area contributed by atoms with Crippen LogP contribution < -0.4 is 0 Å². The predicted molar refractivity (Wildman–Crippen MR) is 102 cm³/mol. The Morgan fingerprint density at radius 1 is 1.31 bits per heavy atom. The maximum atomic E-state index is 13.0. The van der Waals surface area contributed by atoms with Gasteiger partial charge in [0.2, 0.25) is 10.0 Å². The normalized spacial score (nSPS) is 19.3. The molecular weight excluding hydrogens is 422 g/mol. The van der Waals surface area contributed by atoms with Crippen LogP contribution >= 0.6 is 15.9 Å². The maximum absolute atomic E-state index is 13.0. The van der Waals surface area contributed by atoms with Crippen LogP contribution in [0.2, 0.25) is 0 Å². The highest BCUT2D eigenvalue weighted by Gasteiger charge is 2.33. The summed E-state index contributed by atoms with van der Waals surface area (Å²) in [6.07, 6.45) is 2.46.